The predicted octanol–water partition coefficient (Wildman–Crippen LogP) is 1.51. The van der Waals surface area contributed by atoms with Gasteiger partial charge in [0.15, 0.2) is 0 Å². The molecule has 0 saturated heterocycles. The van der Waals surface area contributed by atoms with Crippen LogP contribution in [-0.2, 0) is 0 Å². The molecule has 6 heteroatoms. The summed E-state index contributed by atoms with van der Waals surface area (Å²) >= 11 is 0. The van der Waals surface area contributed by atoms with Crippen LogP contribution < -0.4 is 11.1 Å². The smallest absolute Gasteiger partial charge is 0.337 e. The number of nitrogen functional groups attached to an aromatic ring is 1. The second kappa shape index (κ2) is 7.58. The third-order valence-corrected chi connectivity index (χ3v) is 2.87. The van der Waals surface area contributed by atoms with Crippen LogP contribution in [-0.4, -0.2) is 47.1 Å². The van der Waals surface area contributed by atoms with Crippen molar-refractivity contribution in [1.29, 1.82) is 0 Å². The molecule has 4 N–H and O–H groups in total. The van der Waals surface area contributed by atoms with Crippen molar-refractivity contribution < 1.29 is 9.90 Å². The number of likely N-dealkylation sites (N-methyl/N-ethyl adjacent to an activating group) is 1. The van der Waals surface area contributed by atoms with Crippen molar-refractivity contribution in [2.45, 2.75) is 20.3 Å². The van der Waals surface area contributed by atoms with E-state index in [4.69, 9.17) is 10.8 Å². The number of rotatable bonds is 8. The number of hydrogen-bond acceptors (Lipinski definition) is 5. The molecule has 0 spiro atoms. The van der Waals surface area contributed by atoms with Crippen LogP contribution in [0, 0.1) is 0 Å². The fourth-order valence-electron chi connectivity index (χ4n) is 1.82. The molecule has 0 bridgehead atoms. The van der Waals surface area contributed by atoms with Gasteiger partial charge in [-0.25, -0.2) is 9.78 Å². The maximum Gasteiger partial charge on any atom is 0.337 e. The van der Waals surface area contributed by atoms with Crippen LogP contribution in [0.2, 0.25) is 0 Å². The zero-order valence-corrected chi connectivity index (χ0v) is 11.5. The van der Waals surface area contributed by atoms with Crippen LogP contribution in [0.3, 0.4) is 0 Å². The first kappa shape index (κ1) is 15.2. The number of aromatic carboxylic acids is 1. The van der Waals surface area contributed by atoms with Crippen molar-refractivity contribution in [3.63, 3.8) is 0 Å². The first-order valence-corrected chi connectivity index (χ1v) is 6.53. The normalized spacial score (nSPS) is 10.7. The number of nitrogens with two attached hydrogens (primary N) is 1. The van der Waals surface area contributed by atoms with Gasteiger partial charge in [-0.15, -0.1) is 0 Å². The van der Waals surface area contributed by atoms with Gasteiger partial charge in [0.05, 0.1) is 11.3 Å². The zero-order valence-electron chi connectivity index (χ0n) is 11.5. The summed E-state index contributed by atoms with van der Waals surface area (Å²) in [6.07, 6.45) is 2.44. The van der Waals surface area contributed by atoms with Crippen LogP contribution in [0.5, 0.6) is 0 Å². The van der Waals surface area contributed by atoms with E-state index in [1.54, 1.807) is 0 Å². The fourth-order valence-corrected chi connectivity index (χ4v) is 1.82. The third kappa shape index (κ3) is 4.75. The standard InChI is InChI=1S/C13H22N4O2/c1-3-6-17(4-2)7-5-15-12-11(14)8-10(9-16-12)13(18)19/h8-9H,3-7,14H2,1-2H3,(H,15,16)(H,18,19). The van der Waals surface area contributed by atoms with Gasteiger partial charge in [-0.1, -0.05) is 13.8 Å². The van der Waals surface area contributed by atoms with E-state index in [2.05, 4.69) is 29.0 Å². The molecule has 0 amide bonds. The molecule has 0 saturated carbocycles. The number of carboxylic acid groups (broad SMARTS) is 1. The number of hydrogen-bond donors (Lipinski definition) is 3. The average molecular weight is 266 g/mol. The van der Waals surface area contributed by atoms with Crippen molar-refractivity contribution in [1.82, 2.24) is 9.88 Å². The van der Waals surface area contributed by atoms with Gasteiger partial charge in [-0.3, -0.25) is 0 Å². The summed E-state index contributed by atoms with van der Waals surface area (Å²) in [5.41, 5.74) is 6.23. The molecule has 0 unspecified atom stereocenters. The van der Waals surface area contributed by atoms with E-state index < -0.39 is 5.97 Å². The summed E-state index contributed by atoms with van der Waals surface area (Å²) in [7, 11) is 0. The Hall–Kier alpha value is -1.82. The fraction of sp³-hybridized carbons (Fsp3) is 0.538. The maximum atomic E-state index is 10.8. The number of anilines is 2. The molecule has 0 radical (unpaired) electrons. The summed E-state index contributed by atoms with van der Waals surface area (Å²) in [6.45, 7) is 8.00. The Kier molecular flexibility index (Phi) is 6.08. The lowest BCUT2D eigenvalue weighted by Gasteiger charge is -2.20. The molecule has 19 heavy (non-hydrogen) atoms. The molecule has 0 aliphatic carbocycles. The number of nitrogens with zero attached hydrogens (tertiary/aromatic N) is 2. The van der Waals surface area contributed by atoms with E-state index in [0.29, 0.717) is 11.5 Å². The molecule has 0 aliphatic rings. The number of carbonyl (C=O) groups is 1. The van der Waals surface area contributed by atoms with Crippen LogP contribution in [0.4, 0.5) is 11.5 Å². The molecule has 0 aliphatic heterocycles. The van der Waals surface area contributed by atoms with E-state index in [1.807, 2.05) is 0 Å². The van der Waals surface area contributed by atoms with Crippen LogP contribution in [0.25, 0.3) is 0 Å². The summed E-state index contributed by atoms with van der Waals surface area (Å²) in [6, 6.07) is 1.42. The first-order chi connectivity index (χ1) is 9.08. The number of nitrogens with one attached hydrogen (secondary N) is 1. The van der Waals surface area contributed by atoms with Gasteiger partial charge in [0.25, 0.3) is 0 Å². The van der Waals surface area contributed by atoms with Gasteiger partial charge in [0, 0.05) is 19.3 Å². The van der Waals surface area contributed by atoms with Gasteiger partial charge in [0.1, 0.15) is 5.82 Å². The minimum atomic E-state index is -1.02. The van der Waals surface area contributed by atoms with Gasteiger partial charge in [-0.2, -0.15) is 0 Å². The van der Waals surface area contributed by atoms with Crippen LogP contribution in [0.1, 0.15) is 30.6 Å². The highest BCUT2D eigenvalue weighted by Crippen LogP contribution is 2.16. The highest BCUT2D eigenvalue weighted by molar-refractivity contribution is 5.89. The topological polar surface area (TPSA) is 91.5 Å². The molecular formula is C13H22N4O2. The molecule has 1 heterocycles. The zero-order chi connectivity index (χ0) is 14.3. The van der Waals surface area contributed by atoms with Crippen LogP contribution in [0.15, 0.2) is 12.3 Å². The van der Waals surface area contributed by atoms with Crippen molar-refractivity contribution in [2.24, 2.45) is 0 Å². The molecule has 106 valence electrons. The van der Waals surface area contributed by atoms with E-state index in [0.717, 1.165) is 32.6 Å². The monoisotopic (exact) mass is 266 g/mol. The van der Waals surface area contributed by atoms with Gasteiger partial charge in [0.2, 0.25) is 0 Å². The van der Waals surface area contributed by atoms with Crippen molar-refractivity contribution in [3.8, 4) is 0 Å². The molecular weight excluding hydrogens is 244 g/mol. The quantitative estimate of drug-likeness (QED) is 0.660. The summed E-state index contributed by atoms with van der Waals surface area (Å²) < 4.78 is 0. The van der Waals surface area contributed by atoms with E-state index >= 15 is 0 Å². The highest BCUT2D eigenvalue weighted by atomic mass is 16.4. The van der Waals surface area contributed by atoms with Gasteiger partial charge >= 0.3 is 5.97 Å². The lowest BCUT2D eigenvalue weighted by atomic mass is 10.2. The van der Waals surface area contributed by atoms with Crippen molar-refractivity contribution >= 4 is 17.5 Å². The van der Waals surface area contributed by atoms with Gasteiger partial charge < -0.3 is 21.1 Å². The summed E-state index contributed by atoms with van der Waals surface area (Å²) in [5.74, 6) is -0.483. The molecule has 1 rings (SSSR count). The van der Waals surface area contributed by atoms with Crippen molar-refractivity contribution in [3.05, 3.63) is 17.8 Å². The molecule has 6 nitrogen and oxygen atoms in total. The molecule has 0 fully saturated rings. The van der Waals surface area contributed by atoms with Gasteiger partial charge in [-0.05, 0) is 25.6 Å². The third-order valence-electron chi connectivity index (χ3n) is 2.87. The highest BCUT2D eigenvalue weighted by Gasteiger charge is 2.07. The Morgan fingerprint density at radius 1 is 1.47 bits per heavy atom. The maximum absolute atomic E-state index is 10.8. The Bertz CT molecular complexity index is 423. The first-order valence-electron chi connectivity index (χ1n) is 6.53. The minimum Gasteiger partial charge on any atom is -0.478 e. The molecule has 1 aromatic rings. The van der Waals surface area contributed by atoms with E-state index in [1.165, 1.54) is 12.3 Å². The summed E-state index contributed by atoms with van der Waals surface area (Å²) in [5, 5.41) is 11.9. The number of aromatic nitrogens is 1. The van der Waals surface area contributed by atoms with E-state index in [-0.39, 0.29) is 5.56 Å². The summed E-state index contributed by atoms with van der Waals surface area (Å²) in [4.78, 5) is 17.1. The molecule has 0 atom stereocenters. The Labute approximate surface area is 113 Å². The Morgan fingerprint density at radius 2 is 2.21 bits per heavy atom. The second-order valence-electron chi connectivity index (χ2n) is 4.33. The van der Waals surface area contributed by atoms with E-state index in [9.17, 15) is 4.79 Å². The second-order valence-corrected chi connectivity index (χ2v) is 4.33. The average Bonchev–Trinajstić information content (AvgIpc) is 2.39. The lowest BCUT2D eigenvalue weighted by Crippen LogP contribution is -2.29. The number of carboxylic acids is 1. The Balaban J connectivity index is 2.51. The predicted molar refractivity (Wildman–Crippen MR) is 76.5 cm³/mol. The minimum absolute atomic E-state index is 0.101. The Morgan fingerprint density at radius 3 is 2.74 bits per heavy atom. The molecule has 0 aromatic carbocycles. The lowest BCUT2D eigenvalue weighted by molar-refractivity contribution is 0.0696. The number of pyridine rings is 1. The molecule has 1 aromatic heterocycles. The SMILES string of the molecule is CCCN(CC)CCNc1ncc(C(=O)O)cc1N. The van der Waals surface area contributed by atoms with Crippen LogP contribution >= 0.6 is 0 Å². The van der Waals surface area contributed by atoms with Crippen molar-refractivity contribution in [2.75, 3.05) is 37.2 Å². The largest absolute Gasteiger partial charge is 0.478 e.